The summed E-state index contributed by atoms with van der Waals surface area (Å²) in [6.07, 6.45) is 5.15. The molecule has 0 aliphatic rings. The van der Waals surface area contributed by atoms with Gasteiger partial charge in [0, 0.05) is 17.8 Å². The molecule has 0 bridgehead atoms. The summed E-state index contributed by atoms with van der Waals surface area (Å²) in [4.78, 5) is 42.7. The highest BCUT2D eigenvalue weighted by Crippen LogP contribution is 2.32. The third-order valence-corrected chi connectivity index (χ3v) is 7.30. The highest BCUT2D eigenvalue weighted by Gasteiger charge is 2.37. The van der Waals surface area contributed by atoms with Crippen molar-refractivity contribution in [1.29, 1.82) is 0 Å². The van der Waals surface area contributed by atoms with Crippen LogP contribution in [0.3, 0.4) is 0 Å². The maximum Gasteiger partial charge on any atom is 0.408 e. The fraction of sp³-hybridized carbons (Fsp3) is 0.531. The first kappa shape index (κ1) is 34.0. The van der Waals surface area contributed by atoms with Gasteiger partial charge in [0.1, 0.15) is 23.4 Å². The largest absolute Gasteiger partial charge is 0.508 e. The Morgan fingerprint density at radius 1 is 1.00 bits per heavy atom. The number of para-hydroxylation sites is 2. The molecule has 2 rings (SSSR count). The van der Waals surface area contributed by atoms with Crippen molar-refractivity contribution in [2.24, 2.45) is 0 Å². The van der Waals surface area contributed by atoms with Gasteiger partial charge in [0.25, 0.3) is 5.91 Å². The molecule has 0 saturated carbocycles. The maximum absolute atomic E-state index is 14.3. The van der Waals surface area contributed by atoms with Crippen molar-refractivity contribution in [1.82, 2.24) is 10.2 Å². The number of anilines is 1. The Balaban J connectivity index is 2.58. The molecular weight excluding hydrogens is 538 g/mol. The third-order valence-electron chi connectivity index (χ3n) is 6.66. The molecule has 2 atom stereocenters. The number of hydrogen-bond donors (Lipinski definition) is 3. The monoisotopic (exact) mass is 585 g/mol. The van der Waals surface area contributed by atoms with Gasteiger partial charge in [-0.25, -0.2) is 4.79 Å². The molecule has 0 radical (unpaired) electrons. The number of unbranched alkanes of at least 4 members (excludes halogenated alkanes) is 3. The third kappa shape index (κ3) is 10.6. The lowest BCUT2D eigenvalue weighted by Crippen LogP contribution is -2.52. The zero-order valence-corrected chi connectivity index (χ0v) is 26.4. The topological polar surface area (TPSA) is 108 Å². The van der Waals surface area contributed by atoms with E-state index in [4.69, 9.17) is 4.74 Å². The minimum atomic E-state index is -1.12. The van der Waals surface area contributed by atoms with E-state index in [2.05, 4.69) is 17.6 Å². The Kier molecular flexibility index (Phi) is 13.5. The van der Waals surface area contributed by atoms with E-state index in [0.29, 0.717) is 29.8 Å². The predicted molar refractivity (Wildman–Crippen MR) is 167 cm³/mol. The molecule has 0 heterocycles. The number of rotatable bonds is 14. The average molecular weight is 586 g/mol. The van der Waals surface area contributed by atoms with Gasteiger partial charge in [0.05, 0.1) is 0 Å². The number of carbonyl (C=O) groups is 3. The van der Waals surface area contributed by atoms with Gasteiger partial charge in [0.15, 0.2) is 0 Å². The highest BCUT2D eigenvalue weighted by molar-refractivity contribution is 7.98. The molecule has 226 valence electrons. The molecule has 8 nitrogen and oxygen atoms in total. The molecule has 3 amide bonds. The van der Waals surface area contributed by atoms with Crippen LogP contribution in [0.2, 0.25) is 0 Å². The highest BCUT2D eigenvalue weighted by atomic mass is 32.2. The molecule has 2 aromatic rings. The Morgan fingerprint density at radius 3 is 2.24 bits per heavy atom. The van der Waals surface area contributed by atoms with Crippen LogP contribution in [0.25, 0.3) is 0 Å². The standard InChI is InChI=1S/C32H47N3O5S/c1-8-9-10-13-20-35(30(38)25(19-21-41-7)33-31(39)40-32(4,5)6)28(24-17-11-12-18-26(24)36)29(37)34-27-22(2)15-14-16-23(27)3/h11-12,14-18,25,28,36H,8-10,13,19-21H2,1-7H3,(H,33,39)(H,34,37). The quantitative estimate of drug-likeness (QED) is 0.212. The van der Waals surface area contributed by atoms with Crippen LogP contribution in [0.4, 0.5) is 10.5 Å². The number of alkyl carbamates (subject to hydrolysis) is 1. The number of carbonyl (C=O) groups excluding carboxylic acids is 3. The second kappa shape index (κ2) is 16.3. The van der Waals surface area contributed by atoms with Gasteiger partial charge < -0.3 is 25.4 Å². The minimum absolute atomic E-state index is 0.0821. The number of nitrogens with zero attached hydrogens (tertiary/aromatic N) is 1. The van der Waals surface area contributed by atoms with Crippen molar-refractivity contribution in [2.75, 3.05) is 23.9 Å². The van der Waals surface area contributed by atoms with Gasteiger partial charge in [-0.3, -0.25) is 9.59 Å². The van der Waals surface area contributed by atoms with Crippen LogP contribution in [0.15, 0.2) is 42.5 Å². The molecule has 0 aliphatic heterocycles. The zero-order valence-electron chi connectivity index (χ0n) is 25.6. The summed E-state index contributed by atoms with van der Waals surface area (Å²) in [7, 11) is 0. The summed E-state index contributed by atoms with van der Waals surface area (Å²) >= 11 is 1.56. The lowest BCUT2D eigenvalue weighted by atomic mass is 9.99. The fourth-order valence-corrected chi connectivity index (χ4v) is 5.06. The lowest BCUT2D eigenvalue weighted by Gasteiger charge is -2.35. The summed E-state index contributed by atoms with van der Waals surface area (Å²) in [5.41, 5.74) is 2.03. The number of aryl methyl sites for hydroxylation is 2. The van der Waals surface area contributed by atoms with Crippen LogP contribution in [0, 0.1) is 13.8 Å². The van der Waals surface area contributed by atoms with E-state index in [0.717, 1.165) is 30.4 Å². The number of benzene rings is 2. The Labute approximate surface area is 249 Å². The molecule has 2 unspecified atom stereocenters. The molecule has 0 spiro atoms. The van der Waals surface area contributed by atoms with Crippen LogP contribution < -0.4 is 10.6 Å². The fourth-order valence-electron chi connectivity index (χ4n) is 4.59. The first-order valence-corrected chi connectivity index (χ1v) is 15.7. The van der Waals surface area contributed by atoms with Gasteiger partial charge >= 0.3 is 6.09 Å². The van der Waals surface area contributed by atoms with Crippen molar-refractivity contribution in [3.8, 4) is 5.75 Å². The summed E-state index contributed by atoms with van der Waals surface area (Å²) in [6, 6.07) is 10.3. The summed E-state index contributed by atoms with van der Waals surface area (Å²) in [6.45, 7) is 11.5. The lowest BCUT2D eigenvalue weighted by molar-refractivity contribution is -0.141. The van der Waals surface area contributed by atoms with Gasteiger partial charge in [-0.2, -0.15) is 11.8 Å². The maximum atomic E-state index is 14.3. The summed E-state index contributed by atoms with van der Waals surface area (Å²) in [5.74, 6) is -0.299. The van der Waals surface area contributed by atoms with E-state index < -0.39 is 35.6 Å². The average Bonchev–Trinajstić information content (AvgIpc) is 2.89. The van der Waals surface area contributed by atoms with Gasteiger partial charge in [0.2, 0.25) is 5.91 Å². The molecule has 41 heavy (non-hydrogen) atoms. The smallest absolute Gasteiger partial charge is 0.408 e. The van der Waals surface area contributed by atoms with Crippen molar-refractivity contribution in [3.63, 3.8) is 0 Å². The number of thioether (sulfide) groups is 1. The first-order chi connectivity index (χ1) is 19.4. The second-order valence-corrected chi connectivity index (χ2v) is 12.3. The number of nitrogens with one attached hydrogen (secondary N) is 2. The van der Waals surface area contributed by atoms with Crippen LogP contribution in [-0.4, -0.2) is 58.1 Å². The van der Waals surface area contributed by atoms with Gasteiger partial charge in [-0.15, -0.1) is 0 Å². The molecule has 0 fully saturated rings. The molecule has 0 aromatic heterocycles. The molecule has 0 aliphatic carbocycles. The second-order valence-electron chi connectivity index (χ2n) is 11.3. The summed E-state index contributed by atoms with van der Waals surface area (Å²) in [5, 5.41) is 16.7. The number of ether oxygens (including phenoxy) is 1. The van der Waals surface area contributed by atoms with Crippen molar-refractivity contribution >= 4 is 35.4 Å². The molecule has 2 aromatic carbocycles. The molecule has 0 saturated heterocycles. The SMILES string of the molecule is CCCCCCN(C(=O)C(CCSC)NC(=O)OC(C)(C)C)C(C(=O)Nc1c(C)cccc1C)c1ccccc1O. The molecule has 3 N–H and O–H groups in total. The number of amides is 3. The number of phenols is 1. The Bertz CT molecular complexity index is 1140. The van der Waals surface area contributed by atoms with Crippen LogP contribution in [-0.2, 0) is 14.3 Å². The molecule has 9 heteroatoms. The van der Waals surface area contributed by atoms with Crippen molar-refractivity contribution in [2.45, 2.75) is 91.3 Å². The van der Waals surface area contributed by atoms with E-state index in [-0.39, 0.29) is 12.3 Å². The number of hydrogen-bond acceptors (Lipinski definition) is 6. The van der Waals surface area contributed by atoms with Gasteiger partial charge in [-0.1, -0.05) is 62.6 Å². The van der Waals surface area contributed by atoms with Crippen LogP contribution >= 0.6 is 11.8 Å². The van der Waals surface area contributed by atoms with Crippen molar-refractivity contribution in [3.05, 3.63) is 59.2 Å². The van der Waals surface area contributed by atoms with E-state index in [1.165, 1.54) is 11.0 Å². The van der Waals surface area contributed by atoms with E-state index in [1.807, 2.05) is 38.3 Å². The van der Waals surface area contributed by atoms with E-state index >= 15 is 0 Å². The summed E-state index contributed by atoms with van der Waals surface area (Å²) < 4.78 is 5.46. The first-order valence-electron chi connectivity index (χ1n) is 14.3. The normalized spacial score (nSPS) is 12.8. The van der Waals surface area contributed by atoms with E-state index in [1.54, 1.807) is 50.7 Å². The van der Waals surface area contributed by atoms with Gasteiger partial charge in [-0.05, 0) is 76.7 Å². The Hall–Kier alpha value is -3.20. The van der Waals surface area contributed by atoms with Crippen molar-refractivity contribution < 1.29 is 24.2 Å². The Morgan fingerprint density at radius 2 is 1.66 bits per heavy atom. The van der Waals surface area contributed by atoms with E-state index in [9.17, 15) is 19.5 Å². The van der Waals surface area contributed by atoms with Crippen LogP contribution in [0.5, 0.6) is 5.75 Å². The predicted octanol–water partition coefficient (Wildman–Crippen LogP) is 6.74. The van der Waals surface area contributed by atoms with Crippen LogP contribution in [0.1, 0.15) is 82.5 Å². The molecular formula is C32H47N3O5S. The number of phenolic OH excluding ortho intramolecular Hbond substituents is 1. The zero-order chi connectivity index (χ0) is 30.6. The minimum Gasteiger partial charge on any atom is -0.508 e. The number of aromatic hydroxyl groups is 1.